The second-order valence-electron chi connectivity index (χ2n) is 3.79. The average molecular weight is 198 g/mol. The number of nitrogens with zero attached hydrogens (tertiary/aromatic N) is 3. The van der Waals surface area contributed by atoms with E-state index >= 15 is 0 Å². The van der Waals surface area contributed by atoms with Crippen molar-refractivity contribution in [2.24, 2.45) is 7.05 Å². The van der Waals surface area contributed by atoms with Crippen molar-refractivity contribution in [1.29, 1.82) is 0 Å². The fourth-order valence-electron chi connectivity index (χ4n) is 1.03. The van der Waals surface area contributed by atoms with Crippen LogP contribution < -0.4 is 5.32 Å². The highest BCUT2D eigenvalue weighted by Crippen LogP contribution is 2.05. The van der Waals surface area contributed by atoms with Gasteiger partial charge in [-0.3, -0.25) is 4.68 Å². The topological polar surface area (TPSA) is 63.0 Å². The number of nitrogens with one attached hydrogen (secondary N) is 1. The van der Waals surface area contributed by atoms with Gasteiger partial charge in [-0.2, -0.15) is 5.10 Å². The summed E-state index contributed by atoms with van der Waals surface area (Å²) in [7, 11) is 1.83. The van der Waals surface area contributed by atoms with Crippen molar-refractivity contribution in [3.63, 3.8) is 0 Å². The van der Waals surface area contributed by atoms with Gasteiger partial charge in [-0.05, 0) is 13.3 Å². The number of rotatable bonds is 5. The van der Waals surface area contributed by atoms with Crippen molar-refractivity contribution in [2.45, 2.75) is 32.4 Å². The number of hydrogen-bond donors (Lipinski definition) is 2. The molecule has 14 heavy (non-hydrogen) atoms. The SMILES string of the molecule is CCC(C)(O)CNCc1ncn(C)n1. The first-order valence-electron chi connectivity index (χ1n) is 4.81. The molecule has 0 aliphatic carbocycles. The fourth-order valence-corrected chi connectivity index (χ4v) is 1.03. The molecule has 0 bridgehead atoms. The normalized spacial score (nSPS) is 15.4. The van der Waals surface area contributed by atoms with Crippen molar-refractivity contribution in [1.82, 2.24) is 20.1 Å². The third-order valence-corrected chi connectivity index (χ3v) is 2.20. The standard InChI is InChI=1S/C9H18N4O/c1-4-9(2,14)6-10-5-8-11-7-13(3)12-8/h7,10,14H,4-6H2,1-3H3. The van der Waals surface area contributed by atoms with Crippen LogP contribution in [0.2, 0.25) is 0 Å². The van der Waals surface area contributed by atoms with Crippen LogP contribution in [0.5, 0.6) is 0 Å². The lowest BCUT2D eigenvalue weighted by atomic mass is 10.0. The second kappa shape index (κ2) is 4.52. The minimum Gasteiger partial charge on any atom is -0.389 e. The number of hydrogen-bond acceptors (Lipinski definition) is 4. The van der Waals surface area contributed by atoms with Crippen molar-refractivity contribution in [3.05, 3.63) is 12.2 Å². The molecule has 1 aromatic heterocycles. The molecular formula is C9H18N4O. The third-order valence-electron chi connectivity index (χ3n) is 2.20. The van der Waals surface area contributed by atoms with E-state index in [2.05, 4.69) is 15.4 Å². The van der Waals surface area contributed by atoms with Gasteiger partial charge < -0.3 is 10.4 Å². The minimum absolute atomic E-state index is 0.557. The Hall–Kier alpha value is -0.940. The van der Waals surface area contributed by atoms with E-state index in [-0.39, 0.29) is 0 Å². The Balaban J connectivity index is 2.28. The van der Waals surface area contributed by atoms with Crippen LogP contribution in [0.15, 0.2) is 6.33 Å². The molecule has 0 spiro atoms. The lowest BCUT2D eigenvalue weighted by molar-refractivity contribution is 0.0554. The van der Waals surface area contributed by atoms with Gasteiger partial charge in [0.05, 0.1) is 12.1 Å². The molecule has 0 fully saturated rings. The highest BCUT2D eigenvalue weighted by Gasteiger charge is 2.16. The quantitative estimate of drug-likeness (QED) is 0.702. The first-order chi connectivity index (χ1) is 6.53. The van der Waals surface area contributed by atoms with E-state index in [0.717, 1.165) is 12.2 Å². The van der Waals surface area contributed by atoms with Crippen molar-refractivity contribution >= 4 is 0 Å². The van der Waals surface area contributed by atoms with Crippen LogP contribution in [0, 0.1) is 0 Å². The molecule has 0 radical (unpaired) electrons. The van der Waals surface area contributed by atoms with E-state index in [9.17, 15) is 5.11 Å². The van der Waals surface area contributed by atoms with Crippen LogP contribution in [0.3, 0.4) is 0 Å². The van der Waals surface area contributed by atoms with Gasteiger partial charge in [-0.15, -0.1) is 0 Å². The Morgan fingerprint density at radius 2 is 2.36 bits per heavy atom. The molecule has 0 saturated heterocycles. The highest BCUT2D eigenvalue weighted by molar-refractivity contribution is 4.82. The Kier molecular flexibility index (Phi) is 3.60. The molecule has 0 amide bonds. The first kappa shape index (κ1) is 11.1. The molecule has 0 aliphatic heterocycles. The molecule has 80 valence electrons. The van der Waals surface area contributed by atoms with Gasteiger partial charge in [0.2, 0.25) is 0 Å². The zero-order chi connectivity index (χ0) is 10.6. The van der Waals surface area contributed by atoms with E-state index in [0.29, 0.717) is 13.1 Å². The van der Waals surface area contributed by atoms with Gasteiger partial charge in [0.1, 0.15) is 6.33 Å². The van der Waals surface area contributed by atoms with E-state index in [4.69, 9.17) is 0 Å². The molecule has 0 aromatic carbocycles. The predicted molar refractivity (Wildman–Crippen MR) is 53.6 cm³/mol. The monoisotopic (exact) mass is 198 g/mol. The number of aromatic nitrogens is 3. The summed E-state index contributed by atoms with van der Waals surface area (Å²) in [6.07, 6.45) is 2.39. The lowest BCUT2D eigenvalue weighted by Gasteiger charge is -2.21. The van der Waals surface area contributed by atoms with Gasteiger partial charge in [0.15, 0.2) is 5.82 Å². The summed E-state index contributed by atoms with van der Waals surface area (Å²) in [5, 5.41) is 16.9. The summed E-state index contributed by atoms with van der Waals surface area (Å²) >= 11 is 0. The molecule has 1 heterocycles. The van der Waals surface area contributed by atoms with Gasteiger partial charge in [-0.1, -0.05) is 6.92 Å². The molecule has 1 aromatic rings. The molecule has 5 heteroatoms. The summed E-state index contributed by atoms with van der Waals surface area (Å²) in [5.74, 6) is 0.749. The Bertz CT molecular complexity index is 282. The van der Waals surface area contributed by atoms with Crippen LogP contribution >= 0.6 is 0 Å². The molecule has 5 nitrogen and oxygen atoms in total. The molecule has 1 rings (SSSR count). The smallest absolute Gasteiger partial charge is 0.164 e. The van der Waals surface area contributed by atoms with Gasteiger partial charge in [-0.25, -0.2) is 4.98 Å². The number of aryl methyl sites for hydroxylation is 1. The van der Waals surface area contributed by atoms with E-state index in [1.54, 1.807) is 11.0 Å². The van der Waals surface area contributed by atoms with Crippen LogP contribution in [-0.2, 0) is 13.6 Å². The fraction of sp³-hybridized carbons (Fsp3) is 0.778. The largest absolute Gasteiger partial charge is 0.389 e. The molecular weight excluding hydrogens is 180 g/mol. The first-order valence-corrected chi connectivity index (χ1v) is 4.81. The predicted octanol–water partition coefficient (Wildman–Crippen LogP) is 0.0657. The van der Waals surface area contributed by atoms with Crippen molar-refractivity contribution in [2.75, 3.05) is 6.54 Å². The summed E-state index contributed by atoms with van der Waals surface area (Å²) in [4.78, 5) is 4.07. The third kappa shape index (κ3) is 3.43. The summed E-state index contributed by atoms with van der Waals surface area (Å²) in [6, 6.07) is 0. The Morgan fingerprint density at radius 1 is 1.64 bits per heavy atom. The van der Waals surface area contributed by atoms with Gasteiger partial charge in [0.25, 0.3) is 0 Å². The van der Waals surface area contributed by atoms with Crippen LogP contribution in [0.1, 0.15) is 26.1 Å². The minimum atomic E-state index is -0.644. The van der Waals surface area contributed by atoms with E-state index in [1.807, 2.05) is 20.9 Å². The van der Waals surface area contributed by atoms with Crippen LogP contribution in [0.25, 0.3) is 0 Å². The number of aliphatic hydroxyl groups is 1. The molecule has 2 N–H and O–H groups in total. The highest BCUT2D eigenvalue weighted by atomic mass is 16.3. The summed E-state index contributed by atoms with van der Waals surface area (Å²) < 4.78 is 1.66. The molecule has 0 saturated carbocycles. The maximum atomic E-state index is 9.70. The van der Waals surface area contributed by atoms with Gasteiger partial charge in [0, 0.05) is 13.6 Å². The van der Waals surface area contributed by atoms with E-state index < -0.39 is 5.60 Å². The van der Waals surface area contributed by atoms with Crippen LogP contribution in [-0.4, -0.2) is 32.0 Å². The Labute approximate surface area is 84.2 Å². The Morgan fingerprint density at radius 3 is 2.86 bits per heavy atom. The molecule has 0 aliphatic rings. The maximum Gasteiger partial charge on any atom is 0.164 e. The molecule has 1 unspecified atom stereocenters. The molecule has 1 atom stereocenters. The zero-order valence-corrected chi connectivity index (χ0v) is 8.99. The van der Waals surface area contributed by atoms with Crippen LogP contribution in [0.4, 0.5) is 0 Å². The summed E-state index contributed by atoms with van der Waals surface area (Å²) in [6.45, 7) is 4.92. The maximum absolute atomic E-state index is 9.70. The average Bonchev–Trinajstić information content (AvgIpc) is 2.51. The van der Waals surface area contributed by atoms with E-state index in [1.165, 1.54) is 0 Å². The zero-order valence-electron chi connectivity index (χ0n) is 8.99. The van der Waals surface area contributed by atoms with Crippen molar-refractivity contribution < 1.29 is 5.11 Å². The second-order valence-corrected chi connectivity index (χ2v) is 3.79. The summed E-state index contributed by atoms with van der Waals surface area (Å²) in [5.41, 5.74) is -0.644. The van der Waals surface area contributed by atoms with Crippen molar-refractivity contribution in [3.8, 4) is 0 Å². The lowest BCUT2D eigenvalue weighted by Crippen LogP contribution is -2.36. The van der Waals surface area contributed by atoms with Gasteiger partial charge >= 0.3 is 0 Å².